The van der Waals surface area contributed by atoms with E-state index in [0.29, 0.717) is 23.5 Å². The summed E-state index contributed by atoms with van der Waals surface area (Å²) in [4.78, 5) is 38.0. The van der Waals surface area contributed by atoms with Gasteiger partial charge in [-0.3, -0.25) is 19.3 Å². The van der Waals surface area contributed by atoms with Gasteiger partial charge in [0.15, 0.2) is 0 Å². The normalized spacial score (nSPS) is 14.0. The highest BCUT2D eigenvalue weighted by Gasteiger charge is 2.14. The first kappa shape index (κ1) is 22.5. The number of morpholine rings is 1. The van der Waals surface area contributed by atoms with Crippen LogP contribution in [0.25, 0.3) is 0 Å². The maximum atomic E-state index is 12.8. The molecule has 0 aliphatic carbocycles. The zero-order valence-corrected chi connectivity index (χ0v) is 17.9. The predicted octanol–water partition coefficient (Wildman–Crippen LogP) is 2.37. The fraction of sp³-hybridized carbons (Fsp3) is 0.348. The quantitative estimate of drug-likeness (QED) is 0.634. The number of nitrogens with zero attached hydrogens (tertiary/aromatic N) is 1. The molecule has 1 saturated heterocycles. The molecule has 31 heavy (non-hydrogen) atoms. The minimum Gasteiger partial charge on any atom is -0.379 e. The summed E-state index contributed by atoms with van der Waals surface area (Å²) in [6.45, 7) is 7.21. The Bertz CT molecular complexity index is 920. The van der Waals surface area contributed by atoms with Crippen LogP contribution in [0.3, 0.4) is 0 Å². The summed E-state index contributed by atoms with van der Waals surface area (Å²) in [7, 11) is 0. The van der Waals surface area contributed by atoms with Crippen LogP contribution in [0.5, 0.6) is 0 Å². The van der Waals surface area contributed by atoms with Crippen LogP contribution in [0.2, 0.25) is 0 Å². The zero-order chi connectivity index (χ0) is 22.2. The lowest BCUT2D eigenvalue weighted by atomic mass is 10.1. The van der Waals surface area contributed by atoms with Crippen LogP contribution in [0, 0.1) is 0 Å². The number of hydrogen-bond acceptors (Lipinski definition) is 5. The van der Waals surface area contributed by atoms with Gasteiger partial charge in [-0.1, -0.05) is 24.3 Å². The topological polar surface area (TPSA) is 99.8 Å². The first-order valence-corrected chi connectivity index (χ1v) is 10.3. The second-order valence-electron chi connectivity index (χ2n) is 7.50. The van der Waals surface area contributed by atoms with E-state index in [4.69, 9.17) is 4.74 Å². The number of nitrogens with one attached hydrogen (secondary N) is 3. The number of amides is 3. The van der Waals surface area contributed by atoms with Gasteiger partial charge in [0, 0.05) is 57.0 Å². The van der Waals surface area contributed by atoms with Crippen molar-refractivity contribution in [3.63, 3.8) is 0 Å². The first-order chi connectivity index (χ1) is 14.9. The average Bonchev–Trinajstić information content (AvgIpc) is 2.72. The standard InChI is InChI=1S/C23H28N4O4/c1-16(28)25-21-11-20(12-22(13-21)26-17(2)29)23(30)24-14-18-5-3-4-6-19(18)15-27-7-9-31-10-8-27/h3-6,11-13H,7-10,14-15H2,1-2H3,(H,24,30)(H,25,28)(H,26,29). The summed E-state index contributed by atoms with van der Waals surface area (Å²) in [5.74, 6) is -0.813. The molecular weight excluding hydrogens is 396 g/mol. The molecule has 8 heteroatoms. The molecule has 2 aromatic carbocycles. The Hall–Kier alpha value is -3.23. The van der Waals surface area contributed by atoms with Crippen molar-refractivity contribution in [1.82, 2.24) is 10.2 Å². The maximum absolute atomic E-state index is 12.8. The summed E-state index contributed by atoms with van der Waals surface area (Å²) in [6.07, 6.45) is 0. The van der Waals surface area contributed by atoms with Gasteiger partial charge < -0.3 is 20.7 Å². The molecule has 0 spiro atoms. The molecular formula is C23H28N4O4. The Balaban J connectivity index is 1.71. The molecule has 8 nitrogen and oxygen atoms in total. The minimum absolute atomic E-state index is 0.261. The molecule has 3 rings (SSSR count). The lowest BCUT2D eigenvalue weighted by Gasteiger charge is -2.27. The Labute approximate surface area is 182 Å². The molecule has 0 unspecified atom stereocenters. The van der Waals surface area contributed by atoms with E-state index in [1.807, 2.05) is 18.2 Å². The van der Waals surface area contributed by atoms with Crippen molar-refractivity contribution in [2.75, 3.05) is 36.9 Å². The monoisotopic (exact) mass is 424 g/mol. The van der Waals surface area contributed by atoms with Gasteiger partial charge in [0.2, 0.25) is 11.8 Å². The van der Waals surface area contributed by atoms with Gasteiger partial charge >= 0.3 is 0 Å². The van der Waals surface area contributed by atoms with E-state index in [1.165, 1.54) is 13.8 Å². The van der Waals surface area contributed by atoms with Crippen LogP contribution < -0.4 is 16.0 Å². The molecule has 1 aliphatic rings. The van der Waals surface area contributed by atoms with E-state index in [9.17, 15) is 14.4 Å². The van der Waals surface area contributed by atoms with Gasteiger partial charge in [0.1, 0.15) is 0 Å². The molecule has 0 bridgehead atoms. The fourth-order valence-corrected chi connectivity index (χ4v) is 3.47. The van der Waals surface area contributed by atoms with Gasteiger partial charge in [0.05, 0.1) is 13.2 Å². The summed E-state index contributed by atoms with van der Waals surface area (Å²) >= 11 is 0. The van der Waals surface area contributed by atoms with Crippen molar-refractivity contribution in [2.45, 2.75) is 26.9 Å². The molecule has 3 N–H and O–H groups in total. The number of rotatable bonds is 7. The van der Waals surface area contributed by atoms with Gasteiger partial charge in [-0.05, 0) is 29.3 Å². The fourth-order valence-electron chi connectivity index (χ4n) is 3.47. The van der Waals surface area contributed by atoms with E-state index >= 15 is 0 Å². The largest absolute Gasteiger partial charge is 0.379 e. The smallest absolute Gasteiger partial charge is 0.251 e. The number of anilines is 2. The van der Waals surface area contributed by atoms with Gasteiger partial charge in [-0.2, -0.15) is 0 Å². The highest BCUT2D eigenvalue weighted by Crippen LogP contribution is 2.20. The van der Waals surface area contributed by atoms with Crippen LogP contribution in [-0.4, -0.2) is 48.9 Å². The third-order valence-electron chi connectivity index (χ3n) is 4.89. The molecule has 3 amide bonds. The van der Waals surface area contributed by atoms with Gasteiger partial charge in [0.25, 0.3) is 5.91 Å². The van der Waals surface area contributed by atoms with Gasteiger partial charge in [-0.25, -0.2) is 0 Å². The highest BCUT2D eigenvalue weighted by atomic mass is 16.5. The van der Waals surface area contributed by atoms with Crippen molar-refractivity contribution in [3.8, 4) is 0 Å². The molecule has 0 aromatic heterocycles. The van der Waals surface area contributed by atoms with Crippen molar-refractivity contribution >= 4 is 29.1 Å². The number of ether oxygens (including phenoxy) is 1. The van der Waals surface area contributed by atoms with E-state index in [-0.39, 0.29) is 17.7 Å². The molecule has 0 saturated carbocycles. The van der Waals surface area contributed by atoms with Crippen LogP contribution in [0.15, 0.2) is 42.5 Å². The molecule has 164 valence electrons. The summed E-state index contributed by atoms with van der Waals surface area (Å²) in [5, 5.41) is 8.26. The van der Waals surface area contributed by atoms with Crippen LogP contribution in [-0.2, 0) is 27.4 Å². The van der Waals surface area contributed by atoms with E-state index in [0.717, 1.165) is 44.0 Å². The third-order valence-corrected chi connectivity index (χ3v) is 4.89. The third kappa shape index (κ3) is 6.91. The van der Waals surface area contributed by atoms with Crippen molar-refractivity contribution in [2.24, 2.45) is 0 Å². The first-order valence-electron chi connectivity index (χ1n) is 10.3. The molecule has 0 atom stereocenters. The number of hydrogen-bond donors (Lipinski definition) is 3. The van der Waals surface area contributed by atoms with Crippen LogP contribution in [0.1, 0.15) is 35.3 Å². The molecule has 1 aliphatic heterocycles. The minimum atomic E-state index is -0.292. The lowest BCUT2D eigenvalue weighted by Crippen LogP contribution is -2.36. The number of benzene rings is 2. The maximum Gasteiger partial charge on any atom is 0.251 e. The summed E-state index contributed by atoms with van der Waals surface area (Å²) in [6, 6.07) is 12.8. The molecule has 1 heterocycles. The molecule has 2 aromatic rings. The predicted molar refractivity (Wildman–Crippen MR) is 119 cm³/mol. The Morgan fingerprint density at radius 3 is 2.06 bits per heavy atom. The second kappa shape index (κ2) is 10.7. The summed E-state index contributed by atoms with van der Waals surface area (Å²) < 4.78 is 5.41. The molecule has 1 fully saturated rings. The zero-order valence-electron chi connectivity index (χ0n) is 17.9. The van der Waals surface area contributed by atoms with Crippen LogP contribution in [0.4, 0.5) is 11.4 Å². The summed E-state index contributed by atoms with van der Waals surface area (Å²) in [5.41, 5.74) is 3.44. The Morgan fingerprint density at radius 2 is 1.48 bits per heavy atom. The second-order valence-corrected chi connectivity index (χ2v) is 7.50. The van der Waals surface area contributed by atoms with Crippen molar-refractivity contribution < 1.29 is 19.1 Å². The lowest BCUT2D eigenvalue weighted by molar-refractivity contribution is -0.115. The number of carbonyl (C=O) groups is 3. The van der Waals surface area contributed by atoms with Crippen molar-refractivity contribution in [3.05, 3.63) is 59.2 Å². The van der Waals surface area contributed by atoms with E-state index < -0.39 is 0 Å². The highest BCUT2D eigenvalue weighted by molar-refractivity contribution is 5.99. The van der Waals surface area contributed by atoms with E-state index in [1.54, 1.807) is 18.2 Å². The van der Waals surface area contributed by atoms with Crippen molar-refractivity contribution in [1.29, 1.82) is 0 Å². The average molecular weight is 425 g/mol. The Morgan fingerprint density at radius 1 is 0.903 bits per heavy atom. The van der Waals surface area contributed by atoms with Crippen LogP contribution >= 0.6 is 0 Å². The molecule has 0 radical (unpaired) electrons. The van der Waals surface area contributed by atoms with Gasteiger partial charge in [-0.15, -0.1) is 0 Å². The van der Waals surface area contributed by atoms with E-state index in [2.05, 4.69) is 26.9 Å². The SMILES string of the molecule is CC(=O)Nc1cc(NC(C)=O)cc(C(=O)NCc2ccccc2CN2CCOCC2)c1. The Kier molecular flexibility index (Phi) is 7.75. The number of carbonyl (C=O) groups excluding carboxylic acids is 3.